The van der Waals surface area contributed by atoms with Gasteiger partial charge in [-0.25, -0.2) is 0 Å². The summed E-state index contributed by atoms with van der Waals surface area (Å²) in [6, 6.07) is 6.13. The van der Waals surface area contributed by atoms with Crippen LogP contribution in [0.15, 0.2) is 33.5 Å². The third kappa shape index (κ3) is 7.60. The van der Waals surface area contributed by atoms with E-state index >= 15 is 0 Å². The molecule has 1 heterocycles. The van der Waals surface area contributed by atoms with Crippen molar-refractivity contribution in [2.24, 2.45) is 0 Å². The zero-order valence-corrected chi connectivity index (χ0v) is 23.4. The Morgan fingerprint density at radius 1 is 0.744 bits per heavy atom. The number of aromatic hydroxyl groups is 2. The zero-order chi connectivity index (χ0) is 28.2. The highest BCUT2D eigenvalue weighted by Crippen LogP contribution is 2.42. The van der Waals surface area contributed by atoms with E-state index in [1.54, 1.807) is 13.2 Å². The van der Waals surface area contributed by atoms with Crippen LogP contribution in [-0.2, 0) is 6.42 Å². The Labute approximate surface area is 230 Å². The molecular formula is C31H42O8. The predicted molar refractivity (Wildman–Crippen MR) is 152 cm³/mol. The molecular weight excluding hydrogens is 500 g/mol. The lowest BCUT2D eigenvalue weighted by Crippen LogP contribution is -2.06. The van der Waals surface area contributed by atoms with Crippen LogP contribution in [-0.4, -0.2) is 43.3 Å². The minimum Gasteiger partial charge on any atom is -0.504 e. The van der Waals surface area contributed by atoms with E-state index in [1.807, 2.05) is 0 Å². The van der Waals surface area contributed by atoms with Crippen molar-refractivity contribution in [1.82, 2.24) is 0 Å². The topological polar surface area (TPSA) is 119 Å². The molecule has 0 aliphatic rings. The maximum absolute atomic E-state index is 13.2. The Bertz CT molecular complexity index is 1260. The summed E-state index contributed by atoms with van der Waals surface area (Å²) in [5.74, 6) is 0.343. The molecule has 2 aromatic carbocycles. The molecule has 0 saturated carbocycles. The minimum atomic E-state index is -0.572. The highest BCUT2D eigenvalue weighted by atomic mass is 16.5. The number of aliphatic hydroxyl groups excluding tert-OH is 1. The molecule has 1 aromatic heterocycles. The molecule has 0 unspecified atom stereocenters. The molecule has 214 valence electrons. The first-order chi connectivity index (χ1) is 19.0. The van der Waals surface area contributed by atoms with Gasteiger partial charge >= 0.3 is 0 Å². The SMILES string of the molecule is COc1cc(-c2oc3c(OC)c(OC)c(CCCCCCCCCCCCCO)cc3c(=O)c2O)ccc1O. The minimum absolute atomic E-state index is 0.0518. The van der Waals surface area contributed by atoms with E-state index in [9.17, 15) is 15.0 Å². The molecule has 3 N–H and O–H groups in total. The van der Waals surface area contributed by atoms with Gasteiger partial charge in [0.05, 0.1) is 26.7 Å². The van der Waals surface area contributed by atoms with Gasteiger partial charge in [-0.3, -0.25) is 4.79 Å². The maximum atomic E-state index is 13.2. The first-order valence-electron chi connectivity index (χ1n) is 13.9. The Morgan fingerprint density at radius 2 is 1.33 bits per heavy atom. The number of aliphatic hydroxyl groups is 1. The normalized spacial score (nSPS) is 11.2. The summed E-state index contributed by atoms with van der Waals surface area (Å²) in [6.45, 7) is 0.297. The number of fused-ring (bicyclic) bond motifs is 1. The number of ether oxygens (including phenoxy) is 3. The van der Waals surface area contributed by atoms with Gasteiger partial charge in [0.2, 0.25) is 16.9 Å². The van der Waals surface area contributed by atoms with Gasteiger partial charge in [0, 0.05) is 12.2 Å². The van der Waals surface area contributed by atoms with Crippen molar-refractivity contribution in [3.63, 3.8) is 0 Å². The first kappa shape index (κ1) is 30.2. The summed E-state index contributed by atoms with van der Waals surface area (Å²) in [5, 5.41) is 29.7. The van der Waals surface area contributed by atoms with Crippen LogP contribution >= 0.6 is 0 Å². The fraction of sp³-hybridized carbons (Fsp3) is 0.516. The first-order valence-corrected chi connectivity index (χ1v) is 13.9. The second-order valence-corrected chi connectivity index (χ2v) is 9.84. The number of hydrogen-bond acceptors (Lipinski definition) is 8. The van der Waals surface area contributed by atoms with Gasteiger partial charge in [0.1, 0.15) is 0 Å². The lowest BCUT2D eigenvalue weighted by Gasteiger charge is -2.16. The fourth-order valence-corrected chi connectivity index (χ4v) is 4.96. The van der Waals surface area contributed by atoms with Crippen LogP contribution in [0.5, 0.6) is 28.7 Å². The molecule has 0 saturated heterocycles. The number of phenolic OH excluding ortho intramolecular Hbond substituents is 1. The van der Waals surface area contributed by atoms with Gasteiger partial charge in [-0.05, 0) is 49.1 Å². The molecule has 8 nitrogen and oxygen atoms in total. The van der Waals surface area contributed by atoms with E-state index in [2.05, 4.69) is 0 Å². The zero-order valence-electron chi connectivity index (χ0n) is 23.4. The Hall–Kier alpha value is -3.39. The Morgan fingerprint density at radius 3 is 1.90 bits per heavy atom. The number of unbranched alkanes of at least 4 members (excludes halogenated alkanes) is 10. The second-order valence-electron chi connectivity index (χ2n) is 9.84. The third-order valence-electron chi connectivity index (χ3n) is 7.10. The van der Waals surface area contributed by atoms with Crippen LogP contribution in [0.1, 0.15) is 76.2 Å². The molecule has 3 rings (SSSR count). The molecule has 3 aromatic rings. The van der Waals surface area contributed by atoms with Crippen molar-refractivity contribution in [2.45, 2.75) is 77.0 Å². The average molecular weight is 543 g/mol. The lowest BCUT2D eigenvalue weighted by molar-refractivity contribution is 0.282. The van der Waals surface area contributed by atoms with Crippen LogP contribution in [0.4, 0.5) is 0 Å². The third-order valence-corrected chi connectivity index (χ3v) is 7.10. The molecule has 0 aliphatic carbocycles. The summed E-state index contributed by atoms with van der Waals surface area (Å²) in [7, 11) is 4.46. The largest absolute Gasteiger partial charge is 0.504 e. The monoisotopic (exact) mass is 542 g/mol. The van der Waals surface area contributed by atoms with Crippen molar-refractivity contribution in [3.05, 3.63) is 40.1 Å². The van der Waals surface area contributed by atoms with Crippen LogP contribution in [0.2, 0.25) is 0 Å². The highest BCUT2D eigenvalue weighted by Gasteiger charge is 2.23. The lowest BCUT2D eigenvalue weighted by atomic mass is 10.0. The molecule has 0 fully saturated rings. The second kappa shape index (κ2) is 15.3. The molecule has 39 heavy (non-hydrogen) atoms. The van der Waals surface area contributed by atoms with E-state index < -0.39 is 11.2 Å². The molecule has 0 spiro atoms. The molecule has 0 atom stereocenters. The number of phenols is 1. The van der Waals surface area contributed by atoms with Gasteiger partial charge in [-0.1, -0.05) is 57.8 Å². The highest BCUT2D eigenvalue weighted by molar-refractivity contribution is 5.90. The predicted octanol–water partition coefficient (Wildman–Crippen LogP) is 6.72. The summed E-state index contributed by atoms with van der Waals surface area (Å²) in [5.41, 5.74) is 0.805. The van der Waals surface area contributed by atoms with Crippen molar-refractivity contribution in [2.75, 3.05) is 27.9 Å². The summed E-state index contributed by atoms with van der Waals surface area (Å²) >= 11 is 0. The molecule has 8 heteroatoms. The van der Waals surface area contributed by atoms with E-state index in [-0.39, 0.29) is 28.2 Å². The summed E-state index contributed by atoms with van der Waals surface area (Å²) < 4.78 is 22.5. The van der Waals surface area contributed by atoms with Crippen LogP contribution < -0.4 is 19.6 Å². The molecule has 0 bridgehead atoms. The van der Waals surface area contributed by atoms with Gasteiger partial charge in [-0.15, -0.1) is 0 Å². The number of rotatable bonds is 17. The van der Waals surface area contributed by atoms with Gasteiger partial charge in [0.25, 0.3) is 0 Å². The van der Waals surface area contributed by atoms with E-state index in [1.165, 1.54) is 70.9 Å². The summed E-state index contributed by atoms with van der Waals surface area (Å²) in [6.07, 6.45) is 13.3. The Balaban J connectivity index is 1.71. The number of benzene rings is 2. The van der Waals surface area contributed by atoms with Crippen LogP contribution in [0.25, 0.3) is 22.3 Å². The molecule has 0 aliphatic heterocycles. The van der Waals surface area contributed by atoms with Gasteiger partial charge in [0.15, 0.2) is 28.6 Å². The number of aryl methyl sites for hydroxylation is 1. The van der Waals surface area contributed by atoms with Gasteiger partial charge in [-0.2, -0.15) is 0 Å². The molecule has 0 amide bonds. The smallest absolute Gasteiger partial charge is 0.235 e. The van der Waals surface area contributed by atoms with E-state index in [0.29, 0.717) is 30.1 Å². The average Bonchev–Trinajstić information content (AvgIpc) is 2.95. The van der Waals surface area contributed by atoms with Crippen molar-refractivity contribution >= 4 is 11.0 Å². The number of hydrogen-bond donors (Lipinski definition) is 3. The van der Waals surface area contributed by atoms with Crippen molar-refractivity contribution in [3.8, 4) is 40.1 Å². The fourth-order valence-electron chi connectivity index (χ4n) is 4.96. The van der Waals surface area contributed by atoms with Gasteiger partial charge < -0.3 is 33.9 Å². The molecule has 0 radical (unpaired) electrons. The van der Waals surface area contributed by atoms with Crippen molar-refractivity contribution < 1.29 is 33.9 Å². The van der Waals surface area contributed by atoms with E-state index in [0.717, 1.165) is 37.7 Å². The maximum Gasteiger partial charge on any atom is 0.235 e. The Kier molecular flexibility index (Phi) is 11.8. The van der Waals surface area contributed by atoms with E-state index in [4.69, 9.17) is 23.7 Å². The van der Waals surface area contributed by atoms with Crippen LogP contribution in [0, 0.1) is 0 Å². The quantitative estimate of drug-likeness (QED) is 0.161. The number of methoxy groups -OCH3 is 3. The standard InChI is InChI=1S/C31H42O8/c1-36-25-20-22(16-17-24(25)33)28-27(35)26(34)23-19-21(29(37-2)31(38-3)30(23)39-28)15-13-11-9-7-5-4-6-8-10-12-14-18-32/h16-17,19-20,32-33,35H,4-15,18H2,1-3H3. The van der Waals surface area contributed by atoms with Crippen molar-refractivity contribution in [1.29, 1.82) is 0 Å². The summed E-state index contributed by atoms with van der Waals surface area (Å²) in [4.78, 5) is 13.2. The van der Waals surface area contributed by atoms with Crippen LogP contribution in [0.3, 0.4) is 0 Å².